The van der Waals surface area contributed by atoms with Crippen molar-refractivity contribution in [1.29, 1.82) is 0 Å². The zero-order valence-electron chi connectivity index (χ0n) is 12.5. The quantitative estimate of drug-likeness (QED) is 0.791. The van der Waals surface area contributed by atoms with Crippen molar-refractivity contribution in [2.75, 3.05) is 13.1 Å². The molecule has 0 amide bonds. The molecule has 1 aliphatic rings. The summed E-state index contributed by atoms with van der Waals surface area (Å²) in [4.78, 5) is 23.7. The first-order valence-corrected chi connectivity index (χ1v) is 6.79. The number of hydrogen-bond donors (Lipinski definition) is 1. The number of ether oxygens (including phenoxy) is 2. The third kappa shape index (κ3) is 4.49. The first-order valence-electron chi connectivity index (χ1n) is 6.79. The van der Waals surface area contributed by atoms with E-state index in [1.807, 2.05) is 20.8 Å². The van der Waals surface area contributed by atoms with Crippen LogP contribution in [0.15, 0.2) is 0 Å². The van der Waals surface area contributed by atoms with Crippen LogP contribution in [0.5, 0.6) is 0 Å². The van der Waals surface area contributed by atoms with Gasteiger partial charge in [-0.25, -0.2) is 4.79 Å². The number of carbonyl (C=O) groups excluding carboxylic acids is 2. The van der Waals surface area contributed by atoms with E-state index in [1.165, 1.54) is 6.92 Å². The van der Waals surface area contributed by atoms with Gasteiger partial charge in [-0.3, -0.25) is 4.79 Å². The second-order valence-corrected chi connectivity index (χ2v) is 6.23. The standard InChI is InChI=1S/C14H25NO4/c1-10(16)18-14(5,11-6-8-15-9-7-11)12(17)19-13(2,3)4/h11,15H,6-9H2,1-5H3. The summed E-state index contributed by atoms with van der Waals surface area (Å²) >= 11 is 0. The molecule has 0 aromatic carbocycles. The van der Waals surface area contributed by atoms with Crippen molar-refractivity contribution in [3.8, 4) is 0 Å². The van der Waals surface area contributed by atoms with Gasteiger partial charge in [0.2, 0.25) is 5.60 Å². The van der Waals surface area contributed by atoms with Crippen LogP contribution in [0.25, 0.3) is 0 Å². The van der Waals surface area contributed by atoms with E-state index in [-0.39, 0.29) is 5.92 Å². The van der Waals surface area contributed by atoms with Crippen LogP contribution in [0.2, 0.25) is 0 Å². The highest BCUT2D eigenvalue weighted by Crippen LogP contribution is 2.32. The molecule has 0 radical (unpaired) electrons. The van der Waals surface area contributed by atoms with E-state index in [1.54, 1.807) is 6.92 Å². The Bertz CT molecular complexity index is 342. The number of piperidine rings is 1. The molecule has 0 bridgehead atoms. The second-order valence-electron chi connectivity index (χ2n) is 6.23. The fourth-order valence-electron chi connectivity index (χ4n) is 2.34. The van der Waals surface area contributed by atoms with E-state index in [9.17, 15) is 9.59 Å². The highest BCUT2D eigenvalue weighted by molar-refractivity contribution is 5.83. The van der Waals surface area contributed by atoms with Gasteiger partial charge in [-0.1, -0.05) is 0 Å². The number of nitrogens with one attached hydrogen (secondary N) is 1. The minimum Gasteiger partial charge on any atom is -0.457 e. The van der Waals surface area contributed by atoms with E-state index in [0.717, 1.165) is 25.9 Å². The number of rotatable bonds is 3. The monoisotopic (exact) mass is 271 g/mol. The molecule has 1 saturated heterocycles. The van der Waals surface area contributed by atoms with Gasteiger partial charge in [-0.05, 0) is 53.6 Å². The fraction of sp³-hybridized carbons (Fsp3) is 0.857. The van der Waals surface area contributed by atoms with Gasteiger partial charge in [0.15, 0.2) is 0 Å². The molecular formula is C14H25NO4. The molecule has 0 aromatic heterocycles. The third-order valence-corrected chi connectivity index (χ3v) is 3.28. The summed E-state index contributed by atoms with van der Waals surface area (Å²) < 4.78 is 10.8. The van der Waals surface area contributed by atoms with Gasteiger partial charge in [-0.2, -0.15) is 0 Å². The van der Waals surface area contributed by atoms with Gasteiger partial charge in [0.05, 0.1) is 0 Å². The normalized spacial score (nSPS) is 20.5. The first kappa shape index (κ1) is 16.0. The van der Waals surface area contributed by atoms with Crippen LogP contribution >= 0.6 is 0 Å². The summed E-state index contributed by atoms with van der Waals surface area (Å²) in [6.07, 6.45) is 1.59. The molecule has 0 spiro atoms. The molecule has 110 valence electrons. The SMILES string of the molecule is CC(=O)OC(C)(C(=O)OC(C)(C)C)C1CCNCC1. The van der Waals surface area contributed by atoms with Crippen LogP contribution in [0, 0.1) is 5.92 Å². The molecule has 1 heterocycles. The number of hydrogen-bond acceptors (Lipinski definition) is 5. The van der Waals surface area contributed by atoms with E-state index < -0.39 is 23.1 Å². The fourth-order valence-corrected chi connectivity index (χ4v) is 2.34. The lowest BCUT2D eigenvalue weighted by atomic mass is 9.81. The van der Waals surface area contributed by atoms with E-state index in [4.69, 9.17) is 9.47 Å². The Balaban J connectivity index is 2.90. The zero-order chi connectivity index (χ0) is 14.7. The molecule has 0 aromatic rings. The topological polar surface area (TPSA) is 64.6 Å². The average molecular weight is 271 g/mol. The van der Waals surface area contributed by atoms with Gasteiger partial charge in [0.1, 0.15) is 5.60 Å². The molecular weight excluding hydrogens is 246 g/mol. The largest absolute Gasteiger partial charge is 0.457 e. The van der Waals surface area contributed by atoms with Crippen molar-refractivity contribution >= 4 is 11.9 Å². The average Bonchev–Trinajstić information content (AvgIpc) is 2.26. The van der Waals surface area contributed by atoms with Crippen LogP contribution in [0.1, 0.15) is 47.5 Å². The Hall–Kier alpha value is -1.10. The molecule has 0 saturated carbocycles. The molecule has 5 nitrogen and oxygen atoms in total. The first-order chi connectivity index (χ1) is 8.65. The molecule has 19 heavy (non-hydrogen) atoms. The summed E-state index contributed by atoms with van der Waals surface area (Å²) in [6, 6.07) is 0. The predicted octanol–water partition coefficient (Wildman–Crippen LogP) is 1.65. The van der Waals surface area contributed by atoms with Crippen LogP contribution in [-0.4, -0.2) is 36.2 Å². The number of carbonyl (C=O) groups is 2. The van der Waals surface area contributed by atoms with Crippen molar-refractivity contribution < 1.29 is 19.1 Å². The summed E-state index contributed by atoms with van der Waals surface area (Å²) in [5.41, 5.74) is -1.79. The minimum absolute atomic E-state index is 0.00694. The number of esters is 2. The van der Waals surface area contributed by atoms with Crippen LogP contribution in [-0.2, 0) is 19.1 Å². The molecule has 5 heteroatoms. The van der Waals surface area contributed by atoms with Crippen LogP contribution in [0.3, 0.4) is 0 Å². The van der Waals surface area contributed by atoms with Crippen LogP contribution < -0.4 is 5.32 Å². The molecule has 1 fully saturated rings. The second kappa shape index (κ2) is 5.90. The van der Waals surface area contributed by atoms with Crippen molar-refractivity contribution in [1.82, 2.24) is 5.32 Å². The summed E-state index contributed by atoms with van der Waals surface area (Å²) in [6.45, 7) is 10.1. The lowest BCUT2D eigenvalue weighted by Gasteiger charge is -2.38. The third-order valence-electron chi connectivity index (χ3n) is 3.28. The zero-order valence-corrected chi connectivity index (χ0v) is 12.5. The Kier molecular flexibility index (Phi) is 4.96. The molecule has 1 aliphatic heterocycles. The maximum Gasteiger partial charge on any atom is 0.351 e. The molecule has 1 rings (SSSR count). The van der Waals surface area contributed by atoms with Gasteiger partial charge in [-0.15, -0.1) is 0 Å². The Morgan fingerprint density at radius 1 is 1.05 bits per heavy atom. The highest BCUT2D eigenvalue weighted by Gasteiger charge is 2.47. The van der Waals surface area contributed by atoms with E-state index in [0.29, 0.717) is 0 Å². The summed E-state index contributed by atoms with van der Waals surface area (Å²) in [7, 11) is 0. The van der Waals surface area contributed by atoms with Crippen molar-refractivity contribution in [3.63, 3.8) is 0 Å². The van der Waals surface area contributed by atoms with Crippen molar-refractivity contribution in [2.24, 2.45) is 5.92 Å². The lowest BCUT2D eigenvalue weighted by molar-refractivity contribution is -0.195. The van der Waals surface area contributed by atoms with E-state index >= 15 is 0 Å². The summed E-state index contributed by atoms with van der Waals surface area (Å²) in [5.74, 6) is -0.915. The van der Waals surface area contributed by atoms with Crippen molar-refractivity contribution in [2.45, 2.75) is 58.7 Å². The molecule has 1 unspecified atom stereocenters. The van der Waals surface area contributed by atoms with Gasteiger partial charge < -0.3 is 14.8 Å². The Morgan fingerprint density at radius 2 is 1.58 bits per heavy atom. The lowest BCUT2D eigenvalue weighted by Crippen LogP contribution is -2.52. The molecule has 0 aliphatic carbocycles. The van der Waals surface area contributed by atoms with Crippen molar-refractivity contribution in [3.05, 3.63) is 0 Å². The van der Waals surface area contributed by atoms with Crippen LogP contribution in [0.4, 0.5) is 0 Å². The summed E-state index contributed by atoms with van der Waals surface area (Å²) in [5, 5.41) is 3.23. The van der Waals surface area contributed by atoms with Gasteiger partial charge in [0, 0.05) is 12.8 Å². The smallest absolute Gasteiger partial charge is 0.351 e. The van der Waals surface area contributed by atoms with E-state index in [2.05, 4.69) is 5.32 Å². The molecule has 1 N–H and O–H groups in total. The van der Waals surface area contributed by atoms with Gasteiger partial charge >= 0.3 is 11.9 Å². The Labute approximate surface area is 115 Å². The predicted molar refractivity (Wildman–Crippen MR) is 71.6 cm³/mol. The maximum absolute atomic E-state index is 12.4. The maximum atomic E-state index is 12.4. The minimum atomic E-state index is -1.19. The molecule has 1 atom stereocenters. The highest BCUT2D eigenvalue weighted by atomic mass is 16.6. The Morgan fingerprint density at radius 3 is 2.00 bits per heavy atom. The van der Waals surface area contributed by atoms with Gasteiger partial charge in [0.25, 0.3) is 0 Å².